The number of benzene rings is 1. The summed E-state index contributed by atoms with van der Waals surface area (Å²) in [7, 11) is 0. The lowest BCUT2D eigenvalue weighted by Crippen LogP contribution is -2.10. The van der Waals surface area contributed by atoms with E-state index in [4.69, 9.17) is 5.11 Å². The van der Waals surface area contributed by atoms with Crippen molar-refractivity contribution >= 4 is 21.6 Å². The summed E-state index contributed by atoms with van der Waals surface area (Å²) in [6.45, 7) is 4.76. The molecule has 3 heteroatoms. The molecule has 0 bridgehead atoms. The molecule has 1 aromatic rings. The van der Waals surface area contributed by atoms with E-state index in [2.05, 4.69) is 40.3 Å². The van der Waals surface area contributed by atoms with Gasteiger partial charge in [-0.1, -0.05) is 22.9 Å². The van der Waals surface area contributed by atoms with Crippen LogP contribution < -0.4 is 5.32 Å². The third kappa shape index (κ3) is 4.22. The largest absolute Gasteiger partial charge is 0.393 e. The third-order valence-corrected chi connectivity index (χ3v) is 2.82. The second-order valence-electron chi connectivity index (χ2n) is 3.72. The molecule has 2 nitrogen and oxygen atoms in total. The molecule has 0 amide bonds. The van der Waals surface area contributed by atoms with E-state index in [-0.39, 0.29) is 6.10 Å². The van der Waals surface area contributed by atoms with Crippen LogP contribution in [0.5, 0.6) is 0 Å². The Labute approximate surface area is 99.8 Å². The normalized spacial score (nSPS) is 12.5. The van der Waals surface area contributed by atoms with Crippen LogP contribution in [-0.4, -0.2) is 17.8 Å². The highest BCUT2D eigenvalue weighted by molar-refractivity contribution is 9.10. The van der Waals surface area contributed by atoms with Crippen molar-refractivity contribution in [2.24, 2.45) is 0 Å². The summed E-state index contributed by atoms with van der Waals surface area (Å²) in [5, 5.41) is 12.5. The smallest absolute Gasteiger partial charge is 0.0528 e. The Morgan fingerprint density at radius 3 is 2.80 bits per heavy atom. The van der Waals surface area contributed by atoms with Gasteiger partial charge in [0.05, 0.1) is 6.10 Å². The molecule has 0 aliphatic rings. The minimum Gasteiger partial charge on any atom is -0.393 e. The zero-order valence-electron chi connectivity index (χ0n) is 9.26. The van der Waals surface area contributed by atoms with Crippen molar-refractivity contribution in [3.8, 4) is 0 Å². The van der Waals surface area contributed by atoms with E-state index in [1.54, 1.807) is 0 Å². The first-order valence-corrected chi connectivity index (χ1v) is 6.13. The maximum Gasteiger partial charge on any atom is 0.0528 e. The minimum absolute atomic E-state index is 0.238. The first kappa shape index (κ1) is 12.5. The van der Waals surface area contributed by atoms with Gasteiger partial charge in [0.2, 0.25) is 0 Å². The van der Waals surface area contributed by atoms with Crippen LogP contribution in [0, 0.1) is 0 Å². The lowest BCUT2D eigenvalue weighted by molar-refractivity contribution is 0.189. The fourth-order valence-corrected chi connectivity index (χ4v) is 1.85. The number of anilines is 1. The fraction of sp³-hybridized carbons (Fsp3) is 0.500. The van der Waals surface area contributed by atoms with Crippen LogP contribution in [-0.2, 0) is 6.42 Å². The maximum absolute atomic E-state index is 9.15. The number of hydrogen-bond acceptors (Lipinski definition) is 2. The average molecular weight is 272 g/mol. The Bertz CT molecular complexity index is 312. The van der Waals surface area contributed by atoms with E-state index in [1.165, 1.54) is 11.3 Å². The lowest BCUT2D eigenvalue weighted by atomic mass is 10.1. The van der Waals surface area contributed by atoms with Crippen molar-refractivity contribution in [3.63, 3.8) is 0 Å². The topological polar surface area (TPSA) is 32.3 Å². The van der Waals surface area contributed by atoms with Gasteiger partial charge in [-0.15, -0.1) is 0 Å². The van der Waals surface area contributed by atoms with Gasteiger partial charge < -0.3 is 10.4 Å². The molecule has 1 unspecified atom stereocenters. The quantitative estimate of drug-likeness (QED) is 0.862. The van der Waals surface area contributed by atoms with Crippen molar-refractivity contribution < 1.29 is 5.11 Å². The number of nitrogens with one attached hydrogen (secondary N) is 1. The molecule has 0 heterocycles. The minimum atomic E-state index is -0.238. The van der Waals surface area contributed by atoms with Gasteiger partial charge in [-0.3, -0.25) is 0 Å². The Morgan fingerprint density at radius 1 is 1.47 bits per heavy atom. The van der Waals surface area contributed by atoms with Gasteiger partial charge >= 0.3 is 0 Å². The number of aryl methyl sites for hydroxylation is 1. The summed E-state index contributed by atoms with van der Waals surface area (Å²) in [6, 6.07) is 6.24. The summed E-state index contributed by atoms with van der Waals surface area (Å²) in [5.74, 6) is 0. The molecule has 0 aliphatic heterocycles. The van der Waals surface area contributed by atoms with Gasteiger partial charge in [0.1, 0.15) is 0 Å². The van der Waals surface area contributed by atoms with E-state index < -0.39 is 0 Å². The molecule has 1 aromatic carbocycles. The molecule has 84 valence electrons. The Balaban J connectivity index is 2.60. The van der Waals surface area contributed by atoms with Crippen molar-refractivity contribution in [1.29, 1.82) is 0 Å². The van der Waals surface area contributed by atoms with Crippen molar-refractivity contribution in [3.05, 3.63) is 28.2 Å². The SMILES string of the molecule is CCc1cc(Br)ccc1NCCC(C)O. The van der Waals surface area contributed by atoms with Gasteiger partial charge in [0.15, 0.2) is 0 Å². The number of halogens is 1. The van der Waals surface area contributed by atoms with Crippen molar-refractivity contribution in [2.45, 2.75) is 32.8 Å². The molecule has 0 fully saturated rings. The summed E-state index contributed by atoms with van der Waals surface area (Å²) < 4.78 is 1.11. The van der Waals surface area contributed by atoms with E-state index in [1.807, 2.05) is 13.0 Å². The zero-order chi connectivity index (χ0) is 11.3. The predicted octanol–water partition coefficient (Wildman–Crippen LogP) is 3.19. The molecule has 2 N–H and O–H groups in total. The van der Waals surface area contributed by atoms with E-state index in [0.717, 1.165) is 23.9 Å². The van der Waals surface area contributed by atoms with Crippen LogP contribution in [0.3, 0.4) is 0 Å². The molecule has 15 heavy (non-hydrogen) atoms. The number of aliphatic hydroxyl groups is 1. The van der Waals surface area contributed by atoms with Crippen LogP contribution in [0.2, 0.25) is 0 Å². The van der Waals surface area contributed by atoms with Crippen LogP contribution in [0.15, 0.2) is 22.7 Å². The molecule has 0 aromatic heterocycles. The highest BCUT2D eigenvalue weighted by Gasteiger charge is 2.01. The molecule has 1 atom stereocenters. The molecular formula is C12H18BrNO. The zero-order valence-corrected chi connectivity index (χ0v) is 10.8. The first-order valence-electron chi connectivity index (χ1n) is 5.34. The van der Waals surface area contributed by atoms with E-state index in [0.29, 0.717) is 0 Å². The lowest BCUT2D eigenvalue weighted by Gasteiger charge is -2.12. The first-order chi connectivity index (χ1) is 7.13. The maximum atomic E-state index is 9.15. The molecule has 1 rings (SSSR count). The Kier molecular flexibility index (Phi) is 5.12. The Morgan fingerprint density at radius 2 is 2.20 bits per heavy atom. The predicted molar refractivity (Wildman–Crippen MR) is 68.3 cm³/mol. The highest BCUT2D eigenvalue weighted by Crippen LogP contribution is 2.21. The van der Waals surface area contributed by atoms with E-state index in [9.17, 15) is 0 Å². The van der Waals surface area contributed by atoms with Crippen LogP contribution in [0.1, 0.15) is 25.8 Å². The monoisotopic (exact) mass is 271 g/mol. The van der Waals surface area contributed by atoms with Crippen molar-refractivity contribution in [1.82, 2.24) is 0 Å². The van der Waals surface area contributed by atoms with Crippen molar-refractivity contribution in [2.75, 3.05) is 11.9 Å². The number of rotatable bonds is 5. The average Bonchev–Trinajstić information content (AvgIpc) is 2.19. The fourth-order valence-electron chi connectivity index (χ4n) is 1.44. The third-order valence-electron chi connectivity index (χ3n) is 2.33. The molecule has 0 radical (unpaired) electrons. The summed E-state index contributed by atoms with van der Waals surface area (Å²) >= 11 is 3.46. The van der Waals surface area contributed by atoms with Gasteiger partial charge in [0, 0.05) is 16.7 Å². The number of aliphatic hydroxyl groups excluding tert-OH is 1. The van der Waals surface area contributed by atoms with E-state index >= 15 is 0 Å². The van der Waals surface area contributed by atoms with Crippen LogP contribution >= 0.6 is 15.9 Å². The highest BCUT2D eigenvalue weighted by atomic mass is 79.9. The number of hydrogen-bond donors (Lipinski definition) is 2. The van der Waals surface area contributed by atoms with Crippen LogP contribution in [0.4, 0.5) is 5.69 Å². The van der Waals surface area contributed by atoms with Gasteiger partial charge in [-0.2, -0.15) is 0 Å². The molecule has 0 spiro atoms. The second kappa shape index (κ2) is 6.13. The second-order valence-corrected chi connectivity index (χ2v) is 4.64. The molecule has 0 saturated carbocycles. The molecular weight excluding hydrogens is 254 g/mol. The van der Waals surface area contributed by atoms with Gasteiger partial charge in [-0.05, 0) is 43.5 Å². The summed E-state index contributed by atoms with van der Waals surface area (Å²) in [4.78, 5) is 0. The molecule has 0 aliphatic carbocycles. The summed E-state index contributed by atoms with van der Waals surface area (Å²) in [5.41, 5.74) is 2.47. The van der Waals surface area contributed by atoms with Crippen LogP contribution in [0.25, 0.3) is 0 Å². The van der Waals surface area contributed by atoms with Gasteiger partial charge in [0.25, 0.3) is 0 Å². The van der Waals surface area contributed by atoms with Gasteiger partial charge in [-0.25, -0.2) is 0 Å². The standard InChI is InChI=1S/C12H18BrNO/c1-3-10-8-11(13)4-5-12(10)14-7-6-9(2)15/h4-5,8-9,14-15H,3,6-7H2,1-2H3. The Hall–Kier alpha value is -0.540. The summed E-state index contributed by atoms with van der Waals surface area (Å²) in [6.07, 6.45) is 1.55. The molecule has 0 saturated heterocycles.